The van der Waals surface area contributed by atoms with E-state index in [1.165, 1.54) is 0 Å². The molecule has 0 aromatic rings. The van der Waals surface area contributed by atoms with E-state index in [0.29, 0.717) is 19.5 Å². The molecule has 2 aliphatic rings. The number of hydrogen-bond donors (Lipinski definition) is 2. The van der Waals surface area contributed by atoms with Crippen LogP contribution in [0.1, 0.15) is 6.42 Å². The van der Waals surface area contributed by atoms with Gasteiger partial charge in [0, 0.05) is 13.1 Å². The number of hydrogen-bond acceptors (Lipinski definition) is 2. The number of alkyl halides is 2. The van der Waals surface area contributed by atoms with E-state index < -0.39 is 11.3 Å². The zero-order valence-corrected chi connectivity index (χ0v) is 6.29. The number of piperidine rings is 1. The molecule has 4 heteroatoms. The third-order valence-corrected chi connectivity index (χ3v) is 2.83. The zero-order valence-electron chi connectivity index (χ0n) is 6.29. The van der Waals surface area contributed by atoms with E-state index in [-0.39, 0.29) is 6.54 Å². The molecule has 2 fully saturated rings. The van der Waals surface area contributed by atoms with Crippen molar-refractivity contribution in [2.45, 2.75) is 12.3 Å². The van der Waals surface area contributed by atoms with Crippen LogP contribution < -0.4 is 10.6 Å². The molecule has 0 amide bonds. The Morgan fingerprint density at radius 2 is 1.73 bits per heavy atom. The topological polar surface area (TPSA) is 24.1 Å². The Labute approximate surface area is 64.3 Å². The maximum Gasteiger partial charge on any atom is 0.268 e. The molecule has 1 spiro atoms. The third kappa shape index (κ3) is 0.891. The monoisotopic (exact) mass is 162 g/mol. The van der Waals surface area contributed by atoms with E-state index in [2.05, 4.69) is 10.6 Å². The van der Waals surface area contributed by atoms with Crippen molar-refractivity contribution in [3.8, 4) is 0 Å². The Morgan fingerprint density at radius 3 is 2.09 bits per heavy atom. The Hall–Kier alpha value is -0.220. The molecule has 2 aliphatic heterocycles. The first-order valence-corrected chi connectivity index (χ1v) is 3.96. The molecule has 2 saturated heterocycles. The summed E-state index contributed by atoms with van der Waals surface area (Å²) < 4.78 is 26.4. The standard InChI is InChI=1S/C7H12F2N2/c8-7(9)5-10-2-1-6(7)3-11-4-6/h10-11H,1-5H2. The second-order valence-electron chi connectivity index (χ2n) is 3.52. The van der Waals surface area contributed by atoms with E-state index in [1.54, 1.807) is 0 Å². The summed E-state index contributed by atoms with van der Waals surface area (Å²) in [5.41, 5.74) is -0.710. The fourth-order valence-corrected chi connectivity index (χ4v) is 1.81. The van der Waals surface area contributed by atoms with Gasteiger partial charge in [-0.25, -0.2) is 8.78 Å². The highest BCUT2D eigenvalue weighted by Crippen LogP contribution is 2.44. The van der Waals surface area contributed by atoms with Crippen molar-refractivity contribution in [2.75, 3.05) is 26.2 Å². The molecular formula is C7H12F2N2. The highest BCUT2D eigenvalue weighted by atomic mass is 19.3. The summed E-state index contributed by atoms with van der Waals surface area (Å²) in [6.07, 6.45) is 0.604. The summed E-state index contributed by atoms with van der Waals surface area (Å²) in [5.74, 6) is -2.50. The highest BCUT2D eigenvalue weighted by molar-refractivity contribution is 5.05. The maximum absolute atomic E-state index is 13.2. The molecule has 0 aliphatic carbocycles. The third-order valence-electron chi connectivity index (χ3n) is 2.83. The van der Waals surface area contributed by atoms with E-state index in [4.69, 9.17) is 0 Å². The molecule has 2 N–H and O–H groups in total. The van der Waals surface area contributed by atoms with Gasteiger partial charge in [0.2, 0.25) is 0 Å². The molecule has 0 saturated carbocycles. The van der Waals surface area contributed by atoms with Crippen molar-refractivity contribution in [3.05, 3.63) is 0 Å². The van der Waals surface area contributed by atoms with E-state index in [0.717, 1.165) is 6.54 Å². The summed E-state index contributed by atoms with van der Waals surface area (Å²) in [7, 11) is 0. The van der Waals surface area contributed by atoms with Gasteiger partial charge < -0.3 is 10.6 Å². The maximum atomic E-state index is 13.2. The van der Waals surface area contributed by atoms with Gasteiger partial charge in [-0.2, -0.15) is 0 Å². The molecule has 0 aromatic heterocycles. The summed E-state index contributed by atoms with van der Waals surface area (Å²) in [4.78, 5) is 0. The molecule has 0 aromatic carbocycles. The van der Waals surface area contributed by atoms with Gasteiger partial charge in [-0.15, -0.1) is 0 Å². The predicted molar refractivity (Wildman–Crippen MR) is 37.7 cm³/mol. The van der Waals surface area contributed by atoms with Crippen LogP contribution in [0.5, 0.6) is 0 Å². The minimum Gasteiger partial charge on any atom is -0.315 e. The zero-order chi connectivity index (χ0) is 7.95. The van der Waals surface area contributed by atoms with Crippen molar-refractivity contribution >= 4 is 0 Å². The minimum absolute atomic E-state index is 0.144. The smallest absolute Gasteiger partial charge is 0.268 e. The van der Waals surface area contributed by atoms with Gasteiger partial charge in [-0.1, -0.05) is 0 Å². The Kier molecular flexibility index (Phi) is 1.44. The summed E-state index contributed by atoms with van der Waals surface area (Å²) >= 11 is 0. The largest absolute Gasteiger partial charge is 0.315 e. The average Bonchev–Trinajstić information content (AvgIpc) is 1.83. The van der Waals surface area contributed by atoms with E-state index >= 15 is 0 Å². The van der Waals surface area contributed by atoms with E-state index in [9.17, 15) is 8.78 Å². The summed E-state index contributed by atoms with van der Waals surface area (Å²) in [6.45, 7) is 1.56. The van der Waals surface area contributed by atoms with Gasteiger partial charge in [0.05, 0.1) is 12.0 Å². The summed E-state index contributed by atoms with van der Waals surface area (Å²) in [6, 6.07) is 0. The molecule has 2 heterocycles. The van der Waals surface area contributed by atoms with Crippen LogP contribution in [-0.2, 0) is 0 Å². The van der Waals surface area contributed by atoms with Crippen molar-refractivity contribution in [3.63, 3.8) is 0 Å². The number of rotatable bonds is 0. The lowest BCUT2D eigenvalue weighted by Crippen LogP contribution is -2.68. The van der Waals surface area contributed by atoms with Crippen molar-refractivity contribution in [1.29, 1.82) is 0 Å². The lowest BCUT2D eigenvalue weighted by molar-refractivity contribution is -0.161. The Morgan fingerprint density at radius 1 is 1.00 bits per heavy atom. The van der Waals surface area contributed by atoms with Gasteiger partial charge in [0.1, 0.15) is 0 Å². The van der Waals surface area contributed by atoms with E-state index in [1.807, 2.05) is 0 Å². The van der Waals surface area contributed by atoms with Crippen LogP contribution in [0.2, 0.25) is 0 Å². The van der Waals surface area contributed by atoms with Gasteiger partial charge in [-0.05, 0) is 13.0 Å². The molecule has 11 heavy (non-hydrogen) atoms. The van der Waals surface area contributed by atoms with Crippen LogP contribution in [0.4, 0.5) is 8.78 Å². The molecular weight excluding hydrogens is 150 g/mol. The van der Waals surface area contributed by atoms with Crippen molar-refractivity contribution in [2.24, 2.45) is 5.41 Å². The second kappa shape index (κ2) is 2.14. The normalized spacial score (nSPS) is 33.3. The molecule has 0 radical (unpaired) electrons. The Bertz CT molecular complexity index is 166. The van der Waals surface area contributed by atoms with Gasteiger partial charge in [-0.3, -0.25) is 0 Å². The molecule has 0 bridgehead atoms. The van der Waals surface area contributed by atoms with Crippen molar-refractivity contribution < 1.29 is 8.78 Å². The number of nitrogens with one attached hydrogen (secondary N) is 2. The van der Waals surface area contributed by atoms with Crippen molar-refractivity contribution in [1.82, 2.24) is 10.6 Å². The molecule has 2 nitrogen and oxygen atoms in total. The molecule has 0 atom stereocenters. The second-order valence-corrected chi connectivity index (χ2v) is 3.52. The van der Waals surface area contributed by atoms with Crippen LogP contribution in [-0.4, -0.2) is 32.1 Å². The first-order valence-electron chi connectivity index (χ1n) is 3.96. The Balaban J connectivity index is 2.15. The van der Waals surface area contributed by atoms with Crippen LogP contribution >= 0.6 is 0 Å². The van der Waals surface area contributed by atoms with Gasteiger partial charge in [0.25, 0.3) is 5.92 Å². The van der Waals surface area contributed by atoms with Crippen LogP contribution in [0.3, 0.4) is 0 Å². The highest BCUT2D eigenvalue weighted by Gasteiger charge is 2.58. The predicted octanol–water partition coefficient (Wildman–Crippen LogP) is 0.205. The van der Waals surface area contributed by atoms with Gasteiger partial charge in [0.15, 0.2) is 0 Å². The molecule has 64 valence electrons. The lowest BCUT2D eigenvalue weighted by atomic mass is 9.71. The molecule has 0 unspecified atom stereocenters. The average molecular weight is 162 g/mol. The quantitative estimate of drug-likeness (QED) is 0.532. The molecule has 2 rings (SSSR count). The first-order chi connectivity index (χ1) is 5.16. The fraction of sp³-hybridized carbons (Fsp3) is 1.00. The lowest BCUT2D eigenvalue weighted by Gasteiger charge is -2.50. The van der Waals surface area contributed by atoms with Crippen LogP contribution in [0, 0.1) is 5.41 Å². The summed E-state index contributed by atoms with van der Waals surface area (Å²) in [5, 5.41) is 5.64. The fourth-order valence-electron chi connectivity index (χ4n) is 1.81. The number of halogens is 2. The minimum atomic E-state index is -2.50. The first kappa shape index (κ1) is 7.43. The van der Waals surface area contributed by atoms with Gasteiger partial charge >= 0.3 is 0 Å². The SMILES string of the molecule is FC1(F)CNCCC12CNC2. The van der Waals surface area contributed by atoms with Crippen LogP contribution in [0.25, 0.3) is 0 Å². The van der Waals surface area contributed by atoms with Crippen LogP contribution in [0.15, 0.2) is 0 Å².